The van der Waals surface area contributed by atoms with Crippen molar-refractivity contribution in [1.82, 2.24) is 4.90 Å². The van der Waals surface area contributed by atoms with E-state index >= 15 is 0 Å². The monoisotopic (exact) mass is 232 g/mol. The van der Waals surface area contributed by atoms with Gasteiger partial charge in [-0.05, 0) is 44.0 Å². The molecule has 17 heavy (non-hydrogen) atoms. The van der Waals surface area contributed by atoms with Crippen LogP contribution in [0.15, 0.2) is 18.2 Å². The van der Waals surface area contributed by atoms with Crippen LogP contribution in [0.2, 0.25) is 0 Å². The summed E-state index contributed by atoms with van der Waals surface area (Å²) in [5.41, 5.74) is 2.26. The summed E-state index contributed by atoms with van der Waals surface area (Å²) in [6.45, 7) is 4.62. The Labute approximate surface area is 102 Å². The van der Waals surface area contributed by atoms with Crippen LogP contribution in [0.25, 0.3) is 0 Å². The van der Waals surface area contributed by atoms with E-state index in [4.69, 9.17) is 0 Å². The fourth-order valence-corrected chi connectivity index (χ4v) is 3.08. The van der Waals surface area contributed by atoms with E-state index in [1.54, 1.807) is 6.07 Å². The molecule has 1 unspecified atom stereocenters. The third kappa shape index (κ3) is 2.12. The van der Waals surface area contributed by atoms with Gasteiger partial charge in [0.2, 0.25) is 0 Å². The molecule has 2 aliphatic heterocycles. The summed E-state index contributed by atoms with van der Waals surface area (Å²) in [5, 5.41) is 13.2. The lowest BCUT2D eigenvalue weighted by molar-refractivity contribution is 0.307. The summed E-state index contributed by atoms with van der Waals surface area (Å²) in [5.74, 6) is 0.977. The van der Waals surface area contributed by atoms with E-state index in [1.165, 1.54) is 37.9 Å². The number of nitrogens with one attached hydrogen (secondary N) is 1. The fourth-order valence-electron chi connectivity index (χ4n) is 3.08. The van der Waals surface area contributed by atoms with Gasteiger partial charge >= 0.3 is 0 Å². The molecule has 92 valence electrons. The van der Waals surface area contributed by atoms with E-state index in [9.17, 15) is 5.11 Å². The molecule has 2 heterocycles. The van der Waals surface area contributed by atoms with Crippen molar-refractivity contribution in [3.8, 4) is 5.75 Å². The molecule has 0 bridgehead atoms. The minimum atomic E-state index is 0.397. The molecule has 3 rings (SSSR count). The SMILES string of the molecule is Oc1cccc2c1NCCC2CN1CCCC1. The van der Waals surface area contributed by atoms with Gasteiger partial charge in [0, 0.05) is 19.0 Å². The van der Waals surface area contributed by atoms with Crippen LogP contribution in [0.1, 0.15) is 30.7 Å². The predicted octanol–water partition coefficient (Wildman–Crippen LogP) is 2.39. The summed E-state index contributed by atoms with van der Waals surface area (Å²) in [4.78, 5) is 2.56. The molecule has 1 fully saturated rings. The second-order valence-corrected chi connectivity index (χ2v) is 5.16. The molecule has 0 saturated carbocycles. The molecule has 0 aliphatic carbocycles. The van der Waals surface area contributed by atoms with Crippen molar-refractivity contribution < 1.29 is 5.11 Å². The molecule has 0 aromatic heterocycles. The second-order valence-electron chi connectivity index (χ2n) is 5.16. The summed E-state index contributed by atoms with van der Waals surface area (Å²) in [6, 6.07) is 5.88. The number of fused-ring (bicyclic) bond motifs is 1. The Morgan fingerprint density at radius 3 is 2.94 bits per heavy atom. The largest absolute Gasteiger partial charge is 0.506 e. The van der Waals surface area contributed by atoms with Crippen LogP contribution in [0.4, 0.5) is 5.69 Å². The smallest absolute Gasteiger partial charge is 0.138 e. The first-order valence-corrected chi connectivity index (χ1v) is 6.63. The number of likely N-dealkylation sites (tertiary alicyclic amines) is 1. The van der Waals surface area contributed by atoms with Gasteiger partial charge in [-0.2, -0.15) is 0 Å². The van der Waals surface area contributed by atoms with Gasteiger partial charge in [0.1, 0.15) is 5.75 Å². The molecule has 3 heteroatoms. The molecule has 2 aliphatic rings. The lowest BCUT2D eigenvalue weighted by atomic mass is 9.90. The van der Waals surface area contributed by atoms with Gasteiger partial charge in [0.25, 0.3) is 0 Å². The summed E-state index contributed by atoms with van der Waals surface area (Å²) >= 11 is 0. The zero-order valence-corrected chi connectivity index (χ0v) is 10.2. The minimum absolute atomic E-state index is 0.397. The first-order valence-electron chi connectivity index (χ1n) is 6.63. The molecule has 2 N–H and O–H groups in total. The number of para-hydroxylation sites is 1. The van der Waals surface area contributed by atoms with Crippen LogP contribution in [-0.2, 0) is 0 Å². The van der Waals surface area contributed by atoms with Crippen molar-refractivity contribution in [2.75, 3.05) is 31.5 Å². The molecule has 1 atom stereocenters. The molecular formula is C14H20N2O. The van der Waals surface area contributed by atoms with E-state index in [1.807, 2.05) is 6.07 Å². The average Bonchev–Trinajstić information content (AvgIpc) is 2.83. The summed E-state index contributed by atoms with van der Waals surface area (Å²) in [6.07, 6.45) is 3.86. The fraction of sp³-hybridized carbons (Fsp3) is 0.571. The number of anilines is 1. The van der Waals surface area contributed by atoms with Crippen LogP contribution in [0.5, 0.6) is 5.75 Å². The number of hydrogen-bond donors (Lipinski definition) is 2. The highest BCUT2D eigenvalue weighted by Crippen LogP contribution is 2.37. The lowest BCUT2D eigenvalue weighted by Crippen LogP contribution is -2.29. The third-order valence-electron chi connectivity index (χ3n) is 3.99. The number of rotatable bonds is 2. The highest BCUT2D eigenvalue weighted by atomic mass is 16.3. The number of benzene rings is 1. The Balaban J connectivity index is 1.81. The standard InChI is InChI=1S/C14H20N2O/c17-13-5-3-4-12-11(6-7-15-14(12)13)10-16-8-1-2-9-16/h3-5,11,15,17H,1-2,6-10H2. The Kier molecular flexibility index (Phi) is 2.93. The molecule has 1 aromatic carbocycles. The zero-order chi connectivity index (χ0) is 11.7. The highest BCUT2D eigenvalue weighted by Gasteiger charge is 2.24. The number of aromatic hydroxyl groups is 1. The van der Waals surface area contributed by atoms with Gasteiger partial charge in [0.05, 0.1) is 5.69 Å². The average molecular weight is 232 g/mol. The second kappa shape index (κ2) is 4.57. The van der Waals surface area contributed by atoms with Gasteiger partial charge in [-0.3, -0.25) is 0 Å². The van der Waals surface area contributed by atoms with E-state index in [0.29, 0.717) is 11.7 Å². The van der Waals surface area contributed by atoms with Gasteiger partial charge in [-0.1, -0.05) is 12.1 Å². The van der Waals surface area contributed by atoms with Crippen LogP contribution in [0.3, 0.4) is 0 Å². The lowest BCUT2D eigenvalue weighted by Gasteiger charge is -2.30. The Morgan fingerprint density at radius 1 is 1.29 bits per heavy atom. The van der Waals surface area contributed by atoms with E-state index < -0.39 is 0 Å². The first-order chi connectivity index (χ1) is 8.34. The topological polar surface area (TPSA) is 35.5 Å². The van der Waals surface area contributed by atoms with E-state index in [0.717, 1.165) is 18.8 Å². The molecule has 1 aromatic rings. The maximum absolute atomic E-state index is 9.86. The number of nitrogens with zero attached hydrogens (tertiary/aromatic N) is 1. The van der Waals surface area contributed by atoms with Crippen molar-refractivity contribution in [3.63, 3.8) is 0 Å². The molecule has 0 radical (unpaired) electrons. The maximum atomic E-state index is 9.86. The van der Waals surface area contributed by atoms with Gasteiger partial charge in [-0.25, -0.2) is 0 Å². The number of phenols is 1. The van der Waals surface area contributed by atoms with E-state index in [-0.39, 0.29) is 0 Å². The van der Waals surface area contributed by atoms with Gasteiger partial charge < -0.3 is 15.3 Å². The van der Waals surface area contributed by atoms with Crippen LogP contribution in [0, 0.1) is 0 Å². The molecular weight excluding hydrogens is 212 g/mol. The highest BCUT2D eigenvalue weighted by molar-refractivity contribution is 5.64. The Morgan fingerprint density at radius 2 is 2.12 bits per heavy atom. The molecule has 3 nitrogen and oxygen atoms in total. The van der Waals surface area contributed by atoms with Crippen molar-refractivity contribution in [2.45, 2.75) is 25.2 Å². The molecule has 1 saturated heterocycles. The Hall–Kier alpha value is -1.22. The van der Waals surface area contributed by atoms with Gasteiger partial charge in [-0.15, -0.1) is 0 Å². The van der Waals surface area contributed by atoms with E-state index in [2.05, 4.69) is 16.3 Å². The number of phenolic OH excluding ortho intramolecular Hbond substituents is 1. The number of hydrogen-bond acceptors (Lipinski definition) is 3. The van der Waals surface area contributed by atoms with Crippen LogP contribution >= 0.6 is 0 Å². The minimum Gasteiger partial charge on any atom is -0.506 e. The van der Waals surface area contributed by atoms with Crippen LogP contribution in [-0.4, -0.2) is 36.2 Å². The Bertz CT molecular complexity index is 399. The van der Waals surface area contributed by atoms with Crippen molar-refractivity contribution >= 4 is 5.69 Å². The maximum Gasteiger partial charge on any atom is 0.138 e. The van der Waals surface area contributed by atoms with Gasteiger partial charge in [0.15, 0.2) is 0 Å². The summed E-state index contributed by atoms with van der Waals surface area (Å²) in [7, 11) is 0. The quantitative estimate of drug-likeness (QED) is 0.769. The zero-order valence-electron chi connectivity index (χ0n) is 10.2. The van der Waals surface area contributed by atoms with Crippen molar-refractivity contribution in [3.05, 3.63) is 23.8 Å². The van der Waals surface area contributed by atoms with Crippen molar-refractivity contribution in [2.24, 2.45) is 0 Å². The normalized spacial score (nSPS) is 24.4. The molecule has 0 spiro atoms. The third-order valence-corrected chi connectivity index (χ3v) is 3.99. The first kappa shape index (κ1) is 10.9. The van der Waals surface area contributed by atoms with Crippen molar-refractivity contribution in [1.29, 1.82) is 0 Å². The summed E-state index contributed by atoms with van der Waals surface area (Å²) < 4.78 is 0. The van der Waals surface area contributed by atoms with Crippen LogP contribution < -0.4 is 5.32 Å². The molecule has 0 amide bonds. The predicted molar refractivity (Wildman–Crippen MR) is 69.6 cm³/mol.